The molecular weight excluding hydrogens is 186 g/mol. The number of aromatic nitrogens is 7. The van der Waals surface area contributed by atoms with E-state index >= 15 is 0 Å². The molecule has 3 aromatic heterocycles. The van der Waals surface area contributed by atoms with Crippen LogP contribution in [0.25, 0.3) is 22.7 Å². The number of hydrogen-bond acceptors (Lipinski definition) is 7. The molecule has 8 nitrogen and oxygen atoms in total. The summed E-state index contributed by atoms with van der Waals surface area (Å²) in [6.07, 6.45) is 2.91. The van der Waals surface area contributed by atoms with Crippen molar-refractivity contribution >= 4 is 11.2 Å². The van der Waals surface area contributed by atoms with Crippen LogP contribution in [0.2, 0.25) is 0 Å². The van der Waals surface area contributed by atoms with Crippen molar-refractivity contribution in [2.24, 2.45) is 0 Å². The predicted octanol–water partition coefficient (Wildman–Crippen LogP) is -0.202. The highest BCUT2D eigenvalue weighted by Crippen LogP contribution is 2.12. The fraction of sp³-hybridized carbons (Fsp3) is 0. The van der Waals surface area contributed by atoms with Gasteiger partial charge in [-0.1, -0.05) is 0 Å². The second-order valence-corrected chi connectivity index (χ2v) is 2.52. The average Bonchev–Trinajstić information content (AvgIpc) is 2.88. The van der Waals surface area contributed by atoms with Crippen molar-refractivity contribution in [3.63, 3.8) is 0 Å². The molecule has 0 bridgehead atoms. The largest absolute Gasteiger partial charge is 0.345 e. The lowest BCUT2D eigenvalue weighted by Crippen LogP contribution is -1.89. The quantitative estimate of drug-likeness (QED) is 0.564. The van der Waals surface area contributed by atoms with Crippen molar-refractivity contribution in [3.05, 3.63) is 12.5 Å². The molecule has 3 rings (SSSR count). The topological polar surface area (TPSA) is 106 Å². The third kappa shape index (κ3) is 0.937. The molecule has 8 heteroatoms. The third-order valence-corrected chi connectivity index (χ3v) is 1.67. The monoisotopic (exact) mass is 189 g/mol. The minimum Gasteiger partial charge on any atom is -0.345 e. The summed E-state index contributed by atoms with van der Waals surface area (Å²) in [6.45, 7) is 0. The molecule has 0 spiro atoms. The molecule has 0 aromatic carbocycles. The number of nitrogens with zero attached hydrogens (tertiary/aromatic N) is 6. The molecule has 0 aliphatic carbocycles. The van der Waals surface area contributed by atoms with Crippen molar-refractivity contribution in [3.8, 4) is 11.5 Å². The van der Waals surface area contributed by atoms with E-state index in [0.717, 1.165) is 0 Å². The predicted molar refractivity (Wildman–Crippen MR) is 42.8 cm³/mol. The van der Waals surface area contributed by atoms with Gasteiger partial charge in [0.25, 0.3) is 0 Å². The SMILES string of the molecule is c1onnc1-c1ncc2n[nH]nc2n1. The number of rotatable bonds is 1. The van der Waals surface area contributed by atoms with Crippen LogP contribution in [-0.2, 0) is 0 Å². The standard InChI is InChI=1S/C6H3N7O/c1-3-6(11-12-9-3)8-5(7-1)4-2-14-13-10-4/h1-2H,(H,7,8,9,11,12). The minimum atomic E-state index is 0.410. The number of fused-ring (bicyclic) bond motifs is 1. The van der Waals surface area contributed by atoms with Crippen LogP contribution in [0.3, 0.4) is 0 Å². The van der Waals surface area contributed by atoms with Crippen LogP contribution in [0.15, 0.2) is 17.0 Å². The molecule has 0 unspecified atom stereocenters. The molecular formula is C6H3N7O. The summed E-state index contributed by atoms with van der Waals surface area (Å²) in [5.74, 6) is 0.410. The Labute approximate surface area is 76.3 Å². The van der Waals surface area contributed by atoms with Crippen LogP contribution < -0.4 is 0 Å². The molecule has 0 atom stereocenters. The average molecular weight is 189 g/mol. The smallest absolute Gasteiger partial charge is 0.205 e. The Morgan fingerprint density at radius 2 is 2.29 bits per heavy atom. The first-order chi connectivity index (χ1) is 6.93. The zero-order valence-electron chi connectivity index (χ0n) is 6.75. The van der Waals surface area contributed by atoms with E-state index in [4.69, 9.17) is 0 Å². The van der Waals surface area contributed by atoms with Gasteiger partial charge in [0, 0.05) is 5.27 Å². The lowest BCUT2D eigenvalue weighted by atomic mass is 10.4. The molecule has 0 fully saturated rings. The third-order valence-electron chi connectivity index (χ3n) is 1.67. The van der Waals surface area contributed by atoms with E-state index < -0.39 is 0 Å². The second kappa shape index (κ2) is 2.55. The summed E-state index contributed by atoms with van der Waals surface area (Å²) in [6, 6.07) is 0. The highest BCUT2D eigenvalue weighted by molar-refractivity contribution is 5.69. The first kappa shape index (κ1) is 7.06. The maximum absolute atomic E-state index is 4.58. The first-order valence-corrected chi connectivity index (χ1v) is 3.74. The van der Waals surface area contributed by atoms with Gasteiger partial charge in [-0.25, -0.2) is 9.97 Å². The lowest BCUT2D eigenvalue weighted by Gasteiger charge is -1.90. The Hall–Kier alpha value is -2.38. The zero-order valence-corrected chi connectivity index (χ0v) is 6.75. The molecule has 1 N–H and O–H groups in total. The van der Waals surface area contributed by atoms with Gasteiger partial charge in [0.15, 0.2) is 17.8 Å². The summed E-state index contributed by atoms with van der Waals surface area (Å²) in [7, 11) is 0. The minimum absolute atomic E-state index is 0.410. The molecule has 0 aliphatic rings. The normalized spacial score (nSPS) is 10.9. The van der Waals surface area contributed by atoms with Gasteiger partial charge in [0.05, 0.1) is 6.20 Å². The lowest BCUT2D eigenvalue weighted by molar-refractivity contribution is 0.393. The fourth-order valence-electron chi connectivity index (χ4n) is 1.04. The fourth-order valence-corrected chi connectivity index (χ4v) is 1.04. The van der Waals surface area contributed by atoms with Crippen molar-refractivity contribution in [1.82, 2.24) is 35.7 Å². The number of aromatic amines is 1. The molecule has 0 saturated carbocycles. The Kier molecular flexibility index (Phi) is 1.29. The van der Waals surface area contributed by atoms with E-state index in [2.05, 4.69) is 40.3 Å². The van der Waals surface area contributed by atoms with Gasteiger partial charge >= 0.3 is 0 Å². The highest BCUT2D eigenvalue weighted by Gasteiger charge is 2.08. The molecule has 0 amide bonds. The number of hydrogen-bond donors (Lipinski definition) is 1. The Morgan fingerprint density at radius 3 is 3.14 bits per heavy atom. The van der Waals surface area contributed by atoms with Crippen LogP contribution >= 0.6 is 0 Å². The maximum atomic E-state index is 4.58. The van der Waals surface area contributed by atoms with Crippen molar-refractivity contribution in [2.75, 3.05) is 0 Å². The van der Waals surface area contributed by atoms with E-state index in [1.54, 1.807) is 6.20 Å². The summed E-state index contributed by atoms with van der Waals surface area (Å²) < 4.78 is 4.58. The van der Waals surface area contributed by atoms with Crippen LogP contribution in [0.5, 0.6) is 0 Å². The molecule has 0 saturated heterocycles. The summed E-state index contributed by atoms with van der Waals surface area (Å²) in [5.41, 5.74) is 1.55. The number of H-pyrrole nitrogens is 1. The van der Waals surface area contributed by atoms with E-state index in [9.17, 15) is 0 Å². The molecule has 0 radical (unpaired) electrons. The van der Waals surface area contributed by atoms with Gasteiger partial charge in [-0.15, -0.1) is 10.2 Å². The van der Waals surface area contributed by atoms with Gasteiger partial charge in [0.2, 0.25) is 5.65 Å². The van der Waals surface area contributed by atoms with Gasteiger partial charge in [-0.2, -0.15) is 10.3 Å². The van der Waals surface area contributed by atoms with Crippen LogP contribution in [0.1, 0.15) is 0 Å². The summed E-state index contributed by atoms with van der Waals surface area (Å²) in [5, 5.41) is 17.1. The number of nitrogens with one attached hydrogen (secondary N) is 1. The first-order valence-electron chi connectivity index (χ1n) is 3.74. The summed E-state index contributed by atoms with van der Waals surface area (Å²) >= 11 is 0. The van der Waals surface area contributed by atoms with Crippen molar-refractivity contribution in [2.45, 2.75) is 0 Å². The zero-order chi connectivity index (χ0) is 9.38. The van der Waals surface area contributed by atoms with Gasteiger partial charge in [-0.05, 0) is 0 Å². The van der Waals surface area contributed by atoms with E-state index in [-0.39, 0.29) is 0 Å². The highest BCUT2D eigenvalue weighted by atomic mass is 16.5. The van der Waals surface area contributed by atoms with E-state index in [1.165, 1.54) is 6.26 Å². The van der Waals surface area contributed by atoms with Crippen LogP contribution in [0, 0.1) is 0 Å². The molecule has 14 heavy (non-hydrogen) atoms. The van der Waals surface area contributed by atoms with Gasteiger partial charge in [-0.3, -0.25) is 0 Å². The van der Waals surface area contributed by atoms with Gasteiger partial charge in [0.1, 0.15) is 5.52 Å². The van der Waals surface area contributed by atoms with Crippen molar-refractivity contribution < 1.29 is 4.52 Å². The molecule has 3 aromatic rings. The van der Waals surface area contributed by atoms with E-state index in [1.807, 2.05) is 0 Å². The molecule has 0 aliphatic heterocycles. The van der Waals surface area contributed by atoms with Crippen LogP contribution in [-0.4, -0.2) is 35.7 Å². The Balaban J connectivity index is 2.23. The summed E-state index contributed by atoms with van der Waals surface area (Å²) in [4.78, 5) is 8.12. The molecule has 68 valence electrons. The second-order valence-electron chi connectivity index (χ2n) is 2.52. The molecule has 3 heterocycles. The van der Waals surface area contributed by atoms with E-state index in [0.29, 0.717) is 22.7 Å². The Morgan fingerprint density at radius 1 is 1.29 bits per heavy atom. The van der Waals surface area contributed by atoms with Crippen molar-refractivity contribution in [1.29, 1.82) is 0 Å². The Bertz CT molecular complexity index is 556. The van der Waals surface area contributed by atoms with Gasteiger partial charge < -0.3 is 4.52 Å². The maximum Gasteiger partial charge on any atom is 0.205 e. The van der Waals surface area contributed by atoms with Crippen LogP contribution in [0.4, 0.5) is 0 Å².